The van der Waals surface area contributed by atoms with Crippen LogP contribution in [0.15, 0.2) is 35.3 Å². The molecular weight excluding hydrogens is 220 g/mol. The minimum absolute atomic E-state index is 0.192. The fourth-order valence-electron chi connectivity index (χ4n) is 1.86. The van der Waals surface area contributed by atoms with Crippen LogP contribution in [0.1, 0.15) is 13.3 Å². The van der Waals surface area contributed by atoms with Crippen LogP contribution in [0.4, 0.5) is 5.69 Å². The summed E-state index contributed by atoms with van der Waals surface area (Å²) in [4.78, 5) is 6.45. The number of hydrogen-bond donors (Lipinski definition) is 1. The Morgan fingerprint density at radius 1 is 1.38 bits per heavy atom. The maximum absolute atomic E-state index is 10.1. The van der Waals surface area contributed by atoms with Gasteiger partial charge in [-0.15, -0.1) is 0 Å². The molecule has 0 bridgehead atoms. The zero-order valence-corrected chi connectivity index (χ0v) is 10.3. The summed E-state index contributed by atoms with van der Waals surface area (Å²) in [7, 11) is 0. The highest BCUT2D eigenvalue weighted by Crippen LogP contribution is 2.26. The van der Waals surface area contributed by atoms with Crippen LogP contribution < -0.4 is 4.90 Å². The SMILES string of the molecule is CSC1=N[C@H](C)C[C@H](O)N1c1ccccc1. The van der Waals surface area contributed by atoms with E-state index in [9.17, 15) is 5.11 Å². The first kappa shape index (κ1) is 11.5. The van der Waals surface area contributed by atoms with Crippen molar-refractivity contribution in [2.75, 3.05) is 11.2 Å². The molecule has 1 N–H and O–H groups in total. The molecule has 0 aliphatic carbocycles. The van der Waals surface area contributed by atoms with Crippen molar-refractivity contribution in [3.05, 3.63) is 30.3 Å². The van der Waals surface area contributed by atoms with E-state index < -0.39 is 6.23 Å². The summed E-state index contributed by atoms with van der Waals surface area (Å²) in [5.74, 6) is 0. The maximum atomic E-state index is 10.1. The Balaban J connectivity index is 2.35. The Kier molecular flexibility index (Phi) is 3.51. The second kappa shape index (κ2) is 4.89. The van der Waals surface area contributed by atoms with Crippen molar-refractivity contribution in [3.8, 4) is 0 Å². The van der Waals surface area contributed by atoms with E-state index in [0.717, 1.165) is 10.9 Å². The molecule has 2 rings (SSSR count). The number of aliphatic imine (C=N–C) groups is 1. The molecule has 1 aromatic carbocycles. The van der Waals surface area contributed by atoms with Gasteiger partial charge in [-0.3, -0.25) is 9.89 Å². The van der Waals surface area contributed by atoms with Crippen LogP contribution in [0, 0.1) is 0 Å². The van der Waals surface area contributed by atoms with E-state index in [1.807, 2.05) is 48.4 Å². The van der Waals surface area contributed by atoms with E-state index in [-0.39, 0.29) is 6.04 Å². The molecule has 1 aliphatic rings. The molecule has 0 spiro atoms. The molecule has 3 nitrogen and oxygen atoms in total. The number of aliphatic hydroxyl groups is 1. The minimum atomic E-state index is -0.475. The average Bonchev–Trinajstić information content (AvgIpc) is 2.29. The fourth-order valence-corrected chi connectivity index (χ4v) is 2.57. The molecular formula is C12H16N2OS. The number of hydrogen-bond acceptors (Lipinski definition) is 4. The fraction of sp³-hybridized carbons (Fsp3) is 0.417. The van der Waals surface area contributed by atoms with E-state index in [1.165, 1.54) is 0 Å². The zero-order chi connectivity index (χ0) is 11.5. The Hall–Kier alpha value is -1.00. The Morgan fingerprint density at radius 2 is 2.06 bits per heavy atom. The van der Waals surface area contributed by atoms with Crippen molar-refractivity contribution >= 4 is 22.6 Å². The number of amidine groups is 1. The molecule has 4 heteroatoms. The summed E-state index contributed by atoms with van der Waals surface area (Å²) >= 11 is 1.57. The molecule has 0 aromatic heterocycles. The number of nitrogens with zero attached hydrogens (tertiary/aromatic N) is 2. The number of anilines is 1. The molecule has 1 heterocycles. The molecule has 0 saturated heterocycles. The van der Waals surface area contributed by atoms with Crippen LogP contribution in [0.25, 0.3) is 0 Å². The van der Waals surface area contributed by atoms with Crippen molar-refractivity contribution in [3.63, 3.8) is 0 Å². The van der Waals surface area contributed by atoms with Gasteiger partial charge in [0.2, 0.25) is 0 Å². The van der Waals surface area contributed by atoms with Crippen LogP contribution in [0.5, 0.6) is 0 Å². The predicted octanol–water partition coefficient (Wildman–Crippen LogP) is 2.32. The van der Waals surface area contributed by atoms with Gasteiger partial charge >= 0.3 is 0 Å². The van der Waals surface area contributed by atoms with Gasteiger partial charge in [-0.2, -0.15) is 0 Å². The molecule has 86 valence electrons. The first-order chi connectivity index (χ1) is 7.72. The lowest BCUT2D eigenvalue weighted by Crippen LogP contribution is -2.44. The van der Waals surface area contributed by atoms with Crippen molar-refractivity contribution in [2.45, 2.75) is 25.6 Å². The number of benzene rings is 1. The smallest absolute Gasteiger partial charge is 0.165 e. The lowest BCUT2D eigenvalue weighted by Gasteiger charge is -2.35. The standard InChI is InChI=1S/C12H16N2OS/c1-9-8-11(15)14(12(13-9)16-2)10-6-4-3-5-7-10/h3-7,9,11,15H,8H2,1-2H3/t9-,11+/m1/s1. The highest BCUT2D eigenvalue weighted by Gasteiger charge is 2.27. The number of rotatable bonds is 1. The highest BCUT2D eigenvalue weighted by molar-refractivity contribution is 8.13. The zero-order valence-electron chi connectivity index (χ0n) is 9.50. The van der Waals surface area contributed by atoms with Gasteiger partial charge < -0.3 is 5.11 Å². The number of para-hydroxylation sites is 1. The lowest BCUT2D eigenvalue weighted by atomic mass is 10.1. The molecule has 0 radical (unpaired) electrons. The van der Waals surface area contributed by atoms with E-state index in [0.29, 0.717) is 6.42 Å². The van der Waals surface area contributed by atoms with Crippen LogP contribution >= 0.6 is 11.8 Å². The molecule has 1 aliphatic heterocycles. The third kappa shape index (κ3) is 2.23. The minimum Gasteiger partial charge on any atom is -0.373 e. The Labute approximate surface area is 100 Å². The molecule has 2 atom stereocenters. The van der Waals surface area contributed by atoms with Crippen LogP contribution in [0.3, 0.4) is 0 Å². The van der Waals surface area contributed by atoms with Gasteiger partial charge in [-0.1, -0.05) is 30.0 Å². The van der Waals surface area contributed by atoms with Gasteiger partial charge in [-0.05, 0) is 25.3 Å². The van der Waals surface area contributed by atoms with Crippen LogP contribution in [-0.2, 0) is 0 Å². The molecule has 0 fully saturated rings. The summed E-state index contributed by atoms with van der Waals surface area (Å²) in [6.45, 7) is 2.03. The lowest BCUT2D eigenvalue weighted by molar-refractivity contribution is 0.162. The Morgan fingerprint density at radius 3 is 2.69 bits per heavy atom. The second-order valence-electron chi connectivity index (χ2n) is 3.89. The van der Waals surface area contributed by atoms with Gasteiger partial charge in [0.25, 0.3) is 0 Å². The number of aliphatic hydroxyl groups excluding tert-OH is 1. The van der Waals surface area contributed by atoms with Gasteiger partial charge in [-0.25, -0.2) is 0 Å². The second-order valence-corrected chi connectivity index (χ2v) is 4.66. The van der Waals surface area contributed by atoms with Gasteiger partial charge in [0, 0.05) is 12.1 Å². The highest BCUT2D eigenvalue weighted by atomic mass is 32.2. The molecule has 0 amide bonds. The molecule has 16 heavy (non-hydrogen) atoms. The van der Waals surface area contributed by atoms with Crippen molar-refractivity contribution in [1.29, 1.82) is 0 Å². The van der Waals surface area contributed by atoms with Crippen molar-refractivity contribution < 1.29 is 5.11 Å². The molecule has 1 aromatic rings. The van der Waals surface area contributed by atoms with E-state index in [2.05, 4.69) is 4.99 Å². The normalized spacial score (nSPS) is 25.4. The average molecular weight is 236 g/mol. The third-order valence-corrected chi connectivity index (χ3v) is 3.27. The van der Waals surface area contributed by atoms with E-state index >= 15 is 0 Å². The van der Waals surface area contributed by atoms with Gasteiger partial charge in [0.05, 0.1) is 6.04 Å². The van der Waals surface area contributed by atoms with Crippen molar-refractivity contribution in [2.24, 2.45) is 4.99 Å². The predicted molar refractivity (Wildman–Crippen MR) is 70.0 cm³/mol. The first-order valence-electron chi connectivity index (χ1n) is 5.36. The number of thioether (sulfide) groups is 1. The first-order valence-corrected chi connectivity index (χ1v) is 6.59. The van der Waals surface area contributed by atoms with Crippen molar-refractivity contribution in [1.82, 2.24) is 0 Å². The Bertz CT molecular complexity index is 380. The quantitative estimate of drug-likeness (QED) is 0.813. The van der Waals surface area contributed by atoms with Gasteiger partial charge in [0.15, 0.2) is 5.17 Å². The van der Waals surface area contributed by atoms with Crippen LogP contribution in [0.2, 0.25) is 0 Å². The van der Waals surface area contributed by atoms with Crippen LogP contribution in [-0.4, -0.2) is 28.8 Å². The third-order valence-electron chi connectivity index (χ3n) is 2.60. The topological polar surface area (TPSA) is 35.8 Å². The summed E-state index contributed by atoms with van der Waals surface area (Å²) in [5, 5.41) is 11.0. The monoisotopic (exact) mass is 236 g/mol. The summed E-state index contributed by atoms with van der Waals surface area (Å²) in [6.07, 6.45) is 2.19. The summed E-state index contributed by atoms with van der Waals surface area (Å²) < 4.78 is 0. The maximum Gasteiger partial charge on any atom is 0.165 e. The van der Waals surface area contributed by atoms with E-state index in [1.54, 1.807) is 11.8 Å². The van der Waals surface area contributed by atoms with E-state index in [4.69, 9.17) is 0 Å². The summed E-state index contributed by atoms with van der Waals surface area (Å²) in [5.41, 5.74) is 0.995. The molecule has 0 saturated carbocycles. The summed E-state index contributed by atoms with van der Waals surface area (Å²) in [6, 6.07) is 10.1. The van der Waals surface area contributed by atoms with Gasteiger partial charge in [0.1, 0.15) is 6.23 Å². The molecule has 0 unspecified atom stereocenters. The largest absolute Gasteiger partial charge is 0.373 e.